The molecule has 1 aromatic rings. The minimum absolute atomic E-state index is 0.187. The second-order valence-corrected chi connectivity index (χ2v) is 5.91. The minimum atomic E-state index is 0.187. The number of piperidine rings is 1. The molecule has 0 saturated carbocycles. The highest BCUT2D eigenvalue weighted by atomic mass is 35.5. The zero-order chi connectivity index (χ0) is 13.1. The summed E-state index contributed by atoms with van der Waals surface area (Å²) < 4.78 is 0. The number of hydrogen-bond acceptors (Lipinski definition) is 2. The third kappa shape index (κ3) is 3.18. The Morgan fingerprint density at radius 3 is 2.61 bits per heavy atom. The number of rotatable bonds is 3. The van der Waals surface area contributed by atoms with Gasteiger partial charge in [0, 0.05) is 34.2 Å². The first kappa shape index (κ1) is 14.1. The van der Waals surface area contributed by atoms with E-state index in [2.05, 4.69) is 11.8 Å². The van der Waals surface area contributed by atoms with Crippen LogP contribution in [0.15, 0.2) is 18.2 Å². The molecule has 0 bridgehead atoms. The summed E-state index contributed by atoms with van der Waals surface area (Å²) in [7, 11) is 0. The maximum atomic E-state index is 6.23. The first-order valence-electron chi connectivity index (χ1n) is 6.52. The van der Waals surface area contributed by atoms with E-state index in [1.165, 1.54) is 19.3 Å². The molecule has 0 aromatic heterocycles. The first-order valence-corrected chi connectivity index (χ1v) is 7.27. The van der Waals surface area contributed by atoms with Crippen LogP contribution in [0, 0.1) is 0 Å². The summed E-state index contributed by atoms with van der Waals surface area (Å²) in [6.07, 6.45) is 3.66. The molecule has 2 unspecified atom stereocenters. The van der Waals surface area contributed by atoms with Gasteiger partial charge in [-0.25, -0.2) is 0 Å². The molecule has 0 spiro atoms. The summed E-state index contributed by atoms with van der Waals surface area (Å²) in [6.45, 7) is 3.95. The molecular formula is C14H20Cl2N2. The molecule has 1 saturated heterocycles. The van der Waals surface area contributed by atoms with E-state index in [0.29, 0.717) is 6.04 Å². The van der Waals surface area contributed by atoms with Crippen LogP contribution in [0.3, 0.4) is 0 Å². The van der Waals surface area contributed by atoms with Gasteiger partial charge in [-0.1, -0.05) is 35.7 Å². The van der Waals surface area contributed by atoms with Crippen molar-refractivity contribution in [1.29, 1.82) is 0 Å². The lowest BCUT2D eigenvalue weighted by atomic mass is 9.96. The predicted molar refractivity (Wildman–Crippen MR) is 78.2 cm³/mol. The standard InChI is InChI=1S/C14H20Cl2N2/c1-10(17)14-7-2-3-8-18(14)9-11-12(15)5-4-6-13(11)16/h4-6,10,14H,2-3,7-9,17H2,1H3. The van der Waals surface area contributed by atoms with Gasteiger partial charge in [0.1, 0.15) is 0 Å². The summed E-state index contributed by atoms with van der Waals surface area (Å²) in [4.78, 5) is 2.42. The molecular weight excluding hydrogens is 267 g/mol. The van der Waals surface area contributed by atoms with Crippen LogP contribution in [0.25, 0.3) is 0 Å². The van der Waals surface area contributed by atoms with E-state index in [4.69, 9.17) is 28.9 Å². The Bertz CT molecular complexity index is 387. The number of likely N-dealkylation sites (tertiary alicyclic amines) is 1. The highest BCUT2D eigenvalue weighted by Gasteiger charge is 2.26. The molecule has 2 atom stereocenters. The van der Waals surface area contributed by atoms with Gasteiger partial charge in [-0.15, -0.1) is 0 Å². The van der Waals surface area contributed by atoms with Gasteiger partial charge in [0.2, 0.25) is 0 Å². The monoisotopic (exact) mass is 286 g/mol. The molecule has 0 radical (unpaired) electrons. The van der Waals surface area contributed by atoms with Crippen LogP contribution in [0.4, 0.5) is 0 Å². The highest BCUT2D eigenvalue weighted by Crippen LogP contribution is 2.29. The van der Waals surface area contributed by atoms with Crippen LogP contribution < -0.4 is 5.73 Å². The van der Waals surface area contributed by atoms with E-state index in [-0.39, 0.29) is 6.04 Å². The van der Waals surface area contributed by atoms with Crippen LogP contribution >= 0.6 is 23.2 Å². The molecule has 2 rings (SSSR count). The SMILES string of the molecule is CC(N)C1CCCCN1Cc1c(Cl)cccc1Cl. The lowest BCUT2D eigenvalue weighted by Gasteiger charge is -2.38. The second kappa shape index (κ2) is 6.25. The van der Waals surface area contributed by atoms with Crippen molar-refractivity contribution >= 4 is 23.2 Å². The Kier molecular flexibility index (Phi) is 4.91. The summed E-state index contributed by atoms with van der Waals surface area (Å²) in [6, 6.07) is 6.30. The van der Waals surface area contributed by atoms with Gasteiger partial charge in [-0.05, 0) is 38.4 Å². The molecule has 4 heteroatoms. The summed E-state index contributed by atoms with van der Waals surface area (Å²) >= 11 is 12.5. The molecule has 0 amide bonds. The van der Waals surface area contributed by atoms with Gasteiger partial charge in [-0.3, -0.25) is 4.90 Å². The Morgan fingerprint density at radius 2 is 2.00 bits per heavy atom. The maximum absolute atomic E-state index is 6.23. The lowest BCUT2D eigenvalue weighted by molar-refractivity contribution is 0.123. The van der Waals surface area contributed by atoms with E-state index in [1.807, 2.05) is 18.2 Å². The topological polar surface area (TPSA) is 29.3 Å². The van der Waals surface area contributed by atoms with Gasteiger partial charge in [0.25, 0.3) is 0 Å². The molecule has 18 heavy (non-hydrogen) atoms. The Morgan fingerprint density at radius 1 is 1.33 bits per heavy atom. The Hall–Kier alpha value is -0.280. The second-order valence-electron chi connectivity index (χ2n) is 5.09. The number of halogens is 2. The molecule has 2 N–H and O–H groups in total. The van der Waals surface area contributed by atoms with Crippen molar-refractivity contribution < 1.29 is 0 Å². The van der Waals surface area contributed by atoms with Crippen molar-refractivity contribution in [2.24, 2.45) is 5.73 Å². The normalized spacial score (nSPS) is 23.0. The number of nitrogens with two attached hydrogens (primary N) is 1. The van der Waals surface area contributed by atoms with E-state index < -0.39 is 0 Å². The van der Waals surface area contributed by atoms with Crippen molar-refractivity contribution in [3.05, 3.63) is 33.8 Å². The molecule has 1 aromatic carbocycles. The predicted octanol–water partition coefficient (Wildman–Crippen LogP) is 3.70. The summed E-state index contributed by atoms with van der Waals surface area (Å²) in [5.74, 6) is 0. The molecule has 1 fully saturated rings. The molecule has 1 aliphatic rings. The fourth-order valence-corrected chi connectivity index (χ4v) is 3.21. The van der Waals surface area contributed by atoms with E-state index in [1.54, 1.807) is 0 Å². The van der Waals surface area contributed by atoms with Gasteiger partial charge in [0.05, 0.1) is 0 Å². The minimum Gasteiger partial charge on any atom is -0.327 e. The number of benzene rings is 1. The quantitative estimate of drug-likeness (QED) is 0.918. The molecule has 0 aliphatic carbocycles. The van der Waals surface area contributed by atoms with Crippen molar-refractivity contribution in [2.75, 3.05) is 6.54 Å². The van der Waals surface area contributed by atoms with Crippen LogP contribution in [-0.4, -0.2) is 23.5 Å². The fraction of sp³-hybridized carbons (Fsp3) is 0.571. The van der Waals surface area contributed by atoms with Crippen molar-refractivity contribution in [3.8, 4) is 0 Å². The van der Waals surface area contributed by atoms with Gasteiger partial charge >= 0.3 is 0 Å². The zero-order valence-electron chi connectivity index (χ0n) is 10.7. The largest absolute Gasteiger partial charge is 0.327 e. The van der Waals surface area contributed by atoms with Gasteiger partial charge < -0.3 is 5.73 Å². The fourth-order valence-electron chi connectivity index (χ4n) is 2.69. The Balaban J connectivity index is 2.16. The van der Waals surface area contributed by atoms with E-state index in [9.17, 15) is 0 Å². The first-order chi connectivity index (χ1) is 8.59. The molecule has 1 aliphatic heterocycles. The third-order valence-electron chi connectivity index (χ3n) is 3.69. The van der Waals surface area contributed by atoms with Crippen LogP contribution in [0.2, 0.25) is 10.0 Å². The number of nitrogens with zero attached hydrogens (tertiary/aromatic N) is 1. The van der Waals surface area contributed by atoms with E-state index in [0.717, 1.165) is 28.7 Å². The lowest BCUT2D eigenvalue weighted by Crippen LogP contribution is -2.48. The smallest absolute Gasteiger partial charge is 0.0465 e. The average molecular weight is 287 g/mol. The van der Waals surface area contributed by atoms with Crippen molar-refractivity contribution in [1.82, 2.24) is 4.90 Å². The van der Waals surface area contributed by atoms with Crippen molar-refractivity contribution in [2.45, 2.75) is 44.8 Å². The van der Waals surface area contributed by atoms with Crippen molar-refractivity contribution in [3.63, 3.8) is 0 Å². The van der Waals surface area contributed by atoms with E-state index >= 15 is 0 Å². The summed E-state index contributed by atoms with van der Waals surface area (Å²) in [5, 5.41) is 1.49. The van der Waals surface area contributed by atoms with Crippen LogP contribution in [0.1, 0.15) is 31.7 Å². The average Bonchev–Trinajstić information content (AvgIpc) is 2.34. The summed E-state index contributed by atoms with van der Waals surface area (Å²) in [5.41, 5.74) is 7.10. The highest BCUT2D eigenvalue weighted by molar-refractivity contribution is 6.35. The number of hydrogen-bond donors (Lipinski definition) is 1. The van der Waals surface area contributed by atoms with Gasteiger partial charge in [-0.2, -0.15) is 0 Å². The molecule has 2 nitrogen and oxygen atoms in total. The zero-order valence-corrected chi connectivity index (χ0v) is 12.2. The molecule has 1 heterocycles. The van der Waals surface area contributed by atoms with Gasteiger partial charge in [0.15, 0.2) is 0 Å². The maximum Gasteiger partial charge on any atom is 0.0465 e. The molecule has 100 valence electrons. The Labute approximate surface area is 119 Å². The third-order valence-corrected chi connectivity index (χ3v) is 4.40. The van der Waals surface area contributed by atoms with Crippen LogP contribution in [0.5, 0.6) is 0 Å². The van der Waals surface area contributed by atoms with Crippen LogP contribution in [-0.2, 0) is 6.54 Å².